The average Bonchev–Trinajstić information content (AvgIpc) is 3.69. The Morgan fingerprint density at radius 2 is 1.25 bits per heavy atom. The molecule has 7 aromatic rings. The molecule has 266 valence electrons. The van der Waals surface area contributed by atoms with Crippen LogP contribution in [0.15, 0.2) is 120 Å². The summed E-state index contributed by atoms with van der Waals surface area (Å²) >= 11 is 0. The number of rotatable bonds is 8. The third kappa shape index (κ3) is 8.64. The van der Waals surface area contributed by atoms with Crippen LogP contribution in [0, 0.1) is 13.8 Å². The Bertz CT molecular complexity index is 2350. The Hall–Kier alpha value is -6.22. The van der Waals surface area contributed by atoms with E-state index in [9.17, 15) is 9.59 Å². The van der Waals surface area contributed by atoms with E-state index in [4.69, 9.17) is 4.42 Å². The van der Waals surface area contributed by atoms with Gasteiger partial charge in [0.2, 0.25) is 0 Å². The van der Waals surface area contributed by atoms with Crippen LogP contribution < -0.4 is 10.6 Å². The second-order valence-electron chi connectivity index (χ2n) is 13.5. The van der Waals surface area contributed by atoms with Crippen molar-refractivity contribution in [3.8, 4) is 11.1 Å². The Labute approximate surface area is 308 Å². The summed E-state index contributed by atoms with van der Waals surface area (Å²) in [6.07, 6.45) is 11.8. The van der Waals surface area contributed by atoms with Crippen molar-refractivity contribution in [3.05, 3.63) is 155 Å². The molecule has 0 atom stereocenters. The van der Waals surface area contributed by atoms with Crippen LogP contribution >= 0.6 is 0 Å². The summed E-state index contributed by atoms with van der Waals surface area (Å²) in [5.74, 6) is 1.13. The number of hydrogen-bond donors (Lipinski definition) is 2. The fourth-order valence-electron chi connectivity index (χ4n) is 6.79. The third-order valence-electron chi connectivity index (χ3n) is 9.74. The van der Waals surface area contributed by atoms with Gasteiger partial charge in [-0.25, -0.2) is 19.9 Å². The fourth-order valence-corrected chi connectivity index (χ4v) is 6.79. The van der Waals surface area contributed by atoms with Gasteiger partial charge in [-0.15, -0.1) is 0 Å². The number of carbonyl (C=O) groups is 2. The van der Waals surface area contributed by atoms with E-state index >= 15 is 0 Å². The van der Waals surface area contributed by atoms with Crippen molar-refractivity contribution in [3.63, 3.8) is 0 Å². The minimum atomic E-state index is -0.182. The molecule has 0 spiro atoms. The number of aryl methyl sites for hydroxylation is 2. The van der Waals surface area contributed by atoms with E-state index in [-0.39, 0.29) is 11.8 Å². The molecule has 5 heterocycles. The van der Waals surface area contributed by atoms with Crippen LogP contribution in [-0.4, -0.2) is 31.8 Å². The number of benzene rings is 2. The van der Waals surface area contributed by atoms with Crippen molar-refractivity contribution in [1.29, 1.82) is 0 Å². The highest BCUT2D eigenvalue weighted by molar-refractivity contribution is 5.98. The van der Waals surface area contributed by atoms with Gasteiger partial charge in [0.15, 0.2) is 11.3 Å². The zero-order valence-corrected chi connectivity index (χ0v) is 30.0. The first-order valence-electron chi connectivity index (χ1n) is 18.1. The van der Waals surface area contributed by atoms with Crippen LogP contribution in [0.3, 0.4) is 0 Å². The predicted molar refractivity (Wildman–Crippen MR) is 207 cm³/mol. The normalized spacial score (nSPS) is 12.9. The van der Waals surface area contributed by atoms with Crippen molar-refractivity contribution in [2.75, 3.05) is 0 Å². The van der Waals surface area contributed by atoms with E-state index in [2.05, 4.69) is 54.8 Å². The maximum absolute atomic E-state index is 12.6. The number of fused-ring (bicyclic) bond motifs is 2. The van der Waals surface area contributed by atoms with Gasteiger partial charge in [-0.1, -0.05) is 73.9 Å². The molecule has 2 aromatic carbocycles. The topological polar surface area (TPSA) is 123 Å². The predicted octanol–water partition coefficient (Wildman–Crippen LogP) is 9.04. The first kappa shape index (κ1) is 35.2. The molecule has 0 aliphatic heterocycles. The smallest absolute Gasteiger partial charge is 0.253 e. The first-order chi connectivity index (χ1) is 25.9. The van der Waals surface area contributed by atoms with Crippen LogP contribution in [0.2, 0.25) is 0 Å². The highest BCUT2D eigenvalue weighted by Gasteiger charge is 2.16. The SMILES string of the molecule is Cc1nc2ncccc2cc1C(=O)NCc1cc(-c2ccccc2)co1.Cc1nc2ncccc2cc1C(=O)NCc1ccc(C2CCCCC2)cc1. The molecule has 9 heteroatoms. The summed E-state index contributed by atoms with van der Waals surface area (Å²) in [6.45, 7) is 4.50. The standard InChI is InChI=1S/C23H25N3O.C21H17N3O2/c1-16-21(14-20-8-5-13-24-22(20)26-16)23(27)25-15-17-9-11-19(12-10-17)18-6-3-2-4-7-18;1-14-19(11-16-8-5-9-22-20(16)24-14)21(25)23-12-18-10-17(13-26-18)15-6-3-2-4-7-15/h5,8-14,18H,2-4,6-7,15H2,1H3,(H,25,27);2-11,13H,12H2,1H3,(H,23,25). The van der Waals surface area contributed by atoms with Crippen molar-refractivity contribution >= 4 is 33.9 Å². The lowest BCUT2D eigenvalue weighted by atomic mass is 9.84. The van der Waals surface area contributed by atoms with Gasteiger partial charge in [0.05, 0.1) is 35.3 Å². The van der Waals surface area contributed by atoms with E-state index < -0.39 is 0 Å². The molecule has 1 saturated carbocycles. The van der Waals surface area contributed by atoms with Crippen molar-refractivity contribution in [2.24, 2.45) is 0 Å². The Kier molecular flexibility index (Phi) is 10.9. The molecule has 2 N–H and O–H groups in total. The molecule has 53 heavy (non-hydrogen) atoms. The van der Waals surface area contributed by atoms with Crippen LogP contribution in [0.1, 0.15) is 87.0 Å². The van der Waals surface area contributed by atoms with Gasteiger partial charge in [0.25, 0.3) is 11.8 Å². The number of amides is 2. The van der Waals surface area contributed by atoms with E-state index in [0.717, 1.165) is 27.5 Å². The summed E-state index contributed by atoms with van der Waals surface area (Å²) in [6, 6.07) is 31.8. The van der Waals surface area contributed by atoms with E-state index in [0.29, 0.717) is 58.6 Å². The molecule has 0 saturated heterocycles. The number of furan rings is 1. The van der Waals surface area contributed by atoms with E-state index in [1.54, 1.807) is 18.7 Å². The van der Waals surface area contributed by atoms with Crippen LogP contribution in [-0.2, 0) is 13.1 Å². The molecular weight excluding hydrogens is 661 g/mol. The monoisotopic (exact) mass is 702 g/mol. The summed E-state index contributed by atoms with van der Waals surface area (Å²) in [5.41, 5.74) is 8.44. The van der Waals surface area contributed by atoms with Crippen molar-refractivity contribution in [1.82, 2.24) is 30.6 Å². The third-order valence-corrected chi connectivity index (χ3v) is 9.74. The lowest BCUT2D eigenvalue weighted by Crippen LogP contribution is -2.24. The highest BCUT2D eigenvalue weighted by atomic mass is 16.3. The molecule has 5 aromatic heterocycles. The summed E-state index contributed by atoms with van der Waals surface area (Å²) in [5, 5.41) is 7.63. The van der Waals surface area contributed by atoms with Crippen LogP contribution in [0.5, 0.6) is 0 Å². The van der Waals surface area contributed by atoms with E-state index in [1.807, 2.05) is 86.6 Å². The van der Waals surface area contributed by atoms with Crippen LogP contribution in [0.4, 0.5) is 0 Å². The van der Waals surface area contributed by atoms with Gasteiger partial charge in [-0.3, -0.25) is 9.59 Å². The molecule has 2 amide bonds. The highest BCUT2D eigenvalue weighted by Crippen LogP contribution is 2.32. The van der Waals surface area contributed by atoms with Gasteiger partial charge in [0.1, 0.15) is 5.76 Å². The molecular formula is C44H42N6O3. The molecule has 1 fully saturated rings. The van der Waals surface area contributed by atoms with E-state index in [1.165, 1.54) is 37.7 Å². The minimum Gasteiger partial charge on any atom is -0.467 e. The lowest BCUT2D eigenvalue weighted by Gasteiger charge is -2.22. The molecule has 1 aliphatic rings. The molecule has 1 aliphatic carbocycles. The zero-order valence-electron chi connectivity index (χ0n) is 30.0. The second-order valence-corrected chi connectivity index (χ2v) is 13.5. The second kappa shape index (κ2) is 16.4. The van der Waals surface area contributed by atoms with Gasteiger partial charge < -0.3 is 15.1 Å². The number of hydrogen-bond acceptors (Lipinski definition) is 7. The van der Waals surface area contributed by atoms with Crippen LogP contribution in [0.25, 0.3) is 33.2 Å². The van der Waals surface area contributed by atoms with Gasteiger partial charge in [-0.2, -0.15) is 0 Å². The maximum atomic E-state index is 12.6. The van der Waals surface area contributed by atoms with Gasteiger partial charge in [0, 0.05) is 35.3 Å². The first-order valence-corrected chi connectivity index (χ1v) is 18.1. The largest absolute Gasteiger partial charge is 0.467 e. The summed E-state index contributed by atoms with van der Waals surface area (Å²) in [4.78, 5) is 42.5. The summed E-state index contributed by atoms with van der Waals surface area (Å²) < 4.78 is 5.57. The molecule has 0 unspecified atom stereocenters. The van der Waals surface area contributed by atoms with Crippen molar-refractivity contribution in [2.45, 2.75) is 65.0 Å². The quantitative estimate of drug-likeness (QED) is 0.162. The Balaban J connectivity index is 0.000000164. The summed E-state index contributed by atoms with van der Waals surface area (Å²) in [7, 11) is 0. The Morgan fingerprint density at radius 3 is 1.85 bits per heavy atom. The number of pyridine rings is 4. The Morgan fingerprint density at radius 1 is 0.660 bits per heavy atom. The number of nitrogens with zero attached hydrogens (tertiary/aromatic N) is 4. The van der Waals surface area contributed by atoms with Crippen molar-refractivity contribution < 1.29 is 14.0 Å². The van der Waals surface area contributed by atoms with Gasteiger partial charge >= 0.3 is 0 Å². The average molecular weight is 703 g/mol. The van der Waals surface area contributed by atoms with Gasteiger partial charge in [-0.05, 0) is 91.8 Å². The molecule has 0 radical (unpaired) electrons. The zero-order chi connectivity index (χ0) is 36.6. The molecule has 9 nitrogen and oxygen atoms in total. The number of carbonyl (C=O) groups excluding carboxylic acids is 2. The fraction of sp³-hybridized carbons (Fsp3) is 0.227. The minimum absolute atomic E-state index is 0.0953. The molecule has 8 rings (SSSR count). The lowest BCUT2D eigenvalue weighted by molar-refractivity contribution is 0.0940. The number of nitrogens with one attached hydrogen (secondary N) is 2. The molecule has 0 bridgehead atoms. The maximum Gasteiger partial charge on any atom is 0.253 e. The number of aromatic nitrogens is 4.